The second kappa shape index (κ2) is 3.64. The van der Waals surface area contributed by atoms with Gasteiger partial charge < -0.3 is 10.6 Å². The largest absolute Gasteiger partial charge is 0.405 e. The van der Waals surface area contributed by atoms with E-state index in [2.05, 4.69) is 4.37 Å². The van der Waals surface area contributed by atoms with Crippen molar-refractivity contribution in [1.29, 1.82) is 0 Å². The van der Waals surface area contributed by atoms with Crippen LogP contribution < -0.4 is 10.6 Å². The molecule has 0 aliphatic rings. The highest BCUT2D eigenvalue weighted by Crippen LogP contribution is 2.30. The standard InChI is InChI=1S/C7H10F3N3S/c1-4-5(11)12-14-6(4)13(2)3-7(8,9)10/h3H2,1-2H3,(H2,11,12). The Balaban J connectivity index is 2.80. The summed E-state index contributed by atoms with van der Waals surface area (Å²) >= 11 is 0.976. The van der Waals surface area contributed by atoms with Gasteiger partial charge in [-0.25, -0.2) is 0 Å². The zero-order valence-corrected chi connectivity index (χ0v) is 8.54. The highest BCUT2D eigenvalue weighted by Gasteiger charge is 2.30. The van der Waals surface area contributed by atoms with Crippen molar-refractivity contribution < 1.29 is 13.2 Å². The van der Waals surface area contributed by atoms with Crippen LogP contribution in [-0.2, 0) is 0 Å². The lowest BCUT2D eigenvalue weighted by molar-refractivity contribution is -0.119. The first-order valence-electron chi connectivity index (χ1n) is 3.81. The fourth-order valence-corrected chi connectivity index (χ4v) is 1.80. The maximum Gasteiger partial charge on any atom is 0.405 e. The first-order valence-corrected chi connectivity index (χ1v) is 4.58. The molecule has 0 aliphatic carbocycles. The molecule has 0 atom stereocenters. The molecule has 1 aromatic rings. The van der Waals surface area contributed by atoms with Gasteiger partial charge in [0.15, 0.2) is 0 Å². The van der Waals surface area contributed by atoms with Gasteiger partial charge in [-0.15, -0.1) is 0 Å². The lowest BCUT2D eigenvalue weighted by Gasteiger charge is -2.19. The highest BCUT2D eigenvalue weighted by atomic mass is 32.1. The normalized spacial score (nSPS) is 11.8. The average molecular weight is 225 g/mol. The molecule has 7 heteroatoms. The molecule has 0 amide bonds. The molecule has 0 aromatic carbocycles. The van der Waals surface area contributed by atoms with E-state index in [1.165, 1.54) is 7.05 Å². The molecular formula is C7H10F3N3S. The Kier molecular flexibility index (Phi) is 2.89. The van der Waals surface area contributed by atoms with Crippen molar-refractivity contribution in [3.63, 3.8) is 0 Å². The fourth-order valence-electron chi connectivity index (χ4n) is 1.04. The Bertz CT molecular complexity index is 320. The second-order valence-electron chi connectivity index (χ2n) is 2.97. The molecule has 0 unspecified atom stereocenters. The molecule has 0 fully saturated rings. The van der Waals surface area contributed by atoms with Crippen LogP contribution in [0.1, 0.15) is 5.56 Å². The molecule has 2 N–H and O–H groups in total. The van der Waals surface area contributed by atoms with Crippen LogP contribution in [0.3, 0.4) is 0 Å². The van der Waals surface area contributed by atoms with E-state index in [0.717, 1.165) is 16.4 Å². The van der Waals surface area contributed by atoms with Crippen LogP contribution in [0.15, 0.2) is 0 Å². The smallest absolute Gasteiger partial charge is 0.383 e. The molecule has 1 rings (SSSR count). The number of alkyl halides is 3. The molecule has 0 spiro atoms. The number of nitrogen functional groups attached to an aromatic ring is 1. The number of anilines is 2. The summed E-state index contributed by atoms with van der Waals surface area (Å²) in [6, 6.07) is 0. The Morgan fingerprint density at radius 2 is 2.07 bits per heavy atom. The molecule has 0 bridgehead atoms. The van der Waals surface area contributed by atoms with E-state index >= 15 is 0 Å². The SMILES string of the molecule is Cc1c(N)nsc1N(C)CC(F)(F)F. The van der Waals surface area contributed by atoms with Gasteiger partial charge in [0.25, 0.3) is 0 Å². The summed E-state index contributed by atoms with van der Waals surface area (Å²) < 4.78 is 39.9. The Labute approximate surface area is 83.5 Å². The van der Waals surface area contributed by atoms with Gasteiger partial charge in [-0.2, -0.15) is 17.5 Å². The predicted octanol–water partition coefficient (Wildman–Crippen LogP) is 2.03. The van der Waals surface area contributed by atoms with Crippen LogP contribution in [0.25, 0.3) is 0 Å². The van der Waals surface area contributed by atoms with Gasteiger partial charge in [-0.3, -0.25) is 0 Å². The summed E-state index contributed by atoms with van der Waals surface area (Å²) in [5.74, 6) is 0.291. The van der Waals surface area contributed by atoms with E-state index in [1.54, 1.807) is 6.92 Å². The third-order valence-electron chi connectivity index (χ3n) is 1.70. The lowest BCUT2D eigenvalue weighted by atomic mass is 10.3. The first kappa shape index (κ1) is 11.1. The van der Waals surface area contributed by atoms with Crippen molar-refractivity contribution in [1.82, 2.24) is 4.37 Å². The quantitative estimate of drug-likeness (QED) is 0.837. The van der Waals surface area contributed by atoms with E-state index in [4.69, 9.17) is 5.73 Å². The summed E-state index contributed by atoms with van der Waals surface area (Å²) in [6.45, 7) is 0.663. The van der Waals surface area contributed by atoms with Crippen molar-refractivity contribution in [3.8, 4) is 0 Å². The monoisotopic (exact) mass is 225 g/mol. The zero-order chi connectivity index (χ0) is 10.9. The lowest BCUT2D eigenvalue weighted by Crippen LogP contribution is -2.30. The van der Waals surface area contributed by atoms with Crippen LogP contribution in [0.4, 0.5) is 24.0 Å². The topological polar surface area (TPSA) is 42.1 Å². The van der Waals surface area contributed by atoms with Crippen LogP contribution in [0, 0.1) is 6.92 Å². The predicted molar refractivity (Wildman–Crippen MR) is 50.6 cm³/mol. The average Bonchev–Trinajstić information content (AvgIpc) is 2.29. The second-order valence-corrected chi connectivity index (χ2v) is 3.72. The van der Waals surface area contributed by atoms with Gasteiger partial charge in [0, 0.05) is 12.6 Å². The number of halogens is 3. The summed E-state index contributed by atoms with van der Waals surface area (Å²) in [5.41, 5.74) is 6.03. The van der Waals surface area contributed by atoms with E-state index < -0.39 is 12.7 Å². The zero-order valence-electron chi connectivity index (χ0n) is 7.72. The highest BCUT2D eigenvalue weighted by molar-refractivity contribution is 7.10. The van der Waals surface area contributed by atoms with Crippen molar-refractivity contribution >= 4 is 22.4 Å². The van der Waals surface area contributed by atoms with Crippen molar-refractivity contribution in [2.24, 2.45) is 0 Å². The summed E-state index contributed by atoms with van der Waals surface area (Å²) in [4.78, 5) is 1.10. The maximum absolute atomic E-state index is 12.0. The maximum atomic E-state index is 12.0. The van der Waals surface area contributed by atoms with Crippen molar-refractivity contribution in [2.45, 2.75) is 13.1 Å². The van der Waals surface area contributed by atoms with Gasteiger partial charge in [-0.1, -0.05) is 0 Å². The molecule has 80 valence electrons. The van der Waals surface area contributed by atoms with Gasteiger partial charge >= 0.3 is 6.18 Å². The van der Waals surface area contributed by atoms with Crippen molar-refractivity contribution in [2.75, 3.05) is 24.2 Å². The van der Waals surface area contributed by atoms with E-state index in [1.807, 2.05) is 0 Å². The third-order valence-corrected chi connectivity index (χ3v) is 2.78. The molecule has 0 aliphatic heterocycles. The molecule has 0 saturated carbocycles. The van der Waals surface area contributed by atoms with Gasteiger partial charge in [0.1, 0.15) is 17.4 Å². The fraction of sp³-hybridized carbons (Fsp3) is 0.571. The number of hydrogen-bond donors (Lipinski definition) is 1. The molecule has 0 saturated heterocycles. The summed E-state index contributed by atoms with van der Waals surface area (Å²) in [7, 11) is 1.37. The van der Waals surface area contributed by atoms with Crippen LogP contribution in [0.5, 0.6) is 0 Å². The Morgan fingerprint density at radius 3 is 2.43 bits per heavy atom. The van der Waals surface area contributed by atoms with Crippen LogP contribution in [0.2, 0.25) is 0 Å². The molecule has 1 heterocycles. The Hall–Kier alpha value is -0.980. The summed E-state index contributed by atoms with van der Waals surface area (Å²) in [5, 5.41) is 0.458. The number of nitrogens with two attached hydrogens (primary N) is 1. The van der Waals surface area contributed by atoms with Gasteiger partial charge in [0.05, 0.1) is 0 Å². The number of hydrogen-bond acceptors (Lipinski definition) is 4. The van der Waals surface area contributed by atoms with Gasteiger partial charge in [0.2, 0.25) is 0 Å². The third kappa shape index (κ3) is 2.50. The molecule has 14 heavy (non-hydrogen) atoms. The van der Waals surface area contributed by atoms with Crippen molar-refractivity contribution in [3.05, 3.63) is 5.56 Å². The van der Waals surface area contributed by atoms with Crippen LogP contribution >= 0.6 is 11.5 Å². The molecule has 0 radical (unpaired) electrons. The minimum absolute atomic E-state index is 0.291. The Morgan fingerprint density at radius 1 is 1.50 bits per heavy atom. The van der Waals surface area contributed by atoms with Crippen LogP contribution in [-0.4, -0.2) is 24.1 Å². The van der Waals surface area contributed by atoms with E-state index in [-0.39, 0.29) is 0 Å². The van der Waals surface area contributed by atoms with E-state index in [0.29, 0.717) is 16.4 Å². The van der Waals surface area contributed by atoms with E-state index in [9.17, 15) is 13.2 Å². The number of rotatable bonds is 2. The minimum atomic E-state index is -4.21. The molecular weight excluding hydrogens is 215 g/mol. The minimum Gasteiger partial charge on any atom is -0.383 e. The molecule has 3 nitrogen and oxygen atoms in total. The molecule has 1 aromatic heterocycles. The number of nitrogens with zero attached hydrogens (tertiary/aromatic N) is 2. The number of aromatic nitrogens is 1. The first-order chi connectivity index (χ1) is 6.31. The summed E-state index contributed by atoms with van der Waals surface area (Å²) in [6.07, 6.45) is -4.21. The van der Waals surface area contributed by atoms with Gasteiger partial charge in [-0.05, 0) is 18.5 Å².